The molecule has 2 nitrogen and oxygen atoms in total. The smallest absolute Gasteiger partial charge is 0.130 e. The van der Waals surface area contributed by atoms with Crippen LogP contribution in [-0.2, 0) is 12.8 Å². The molecule has 1 aliphatic heterocycles. The van der Waals surface area contributed by atoms with Crippen molar-refractivity contribution in [3.05, 3.63) is 59.4 Å². The normalized spacial score (nSPS) is 12.2. The third-order valence-electron chi connectivity index (χ3n) is 2.88. The largest absolute Gasteiger partial charge is 0.457 e. The minimum absolute atomic E-state index is 0.201. The van der Waals surface area contributed by atoms with E-state index in [1.54, 1.807) is 12.1 Å². The Kier molecular flexibility index (Phi) is 3.95. The molecule has 0 aromatic heterocycles. The van der Waals surface area contributed by atoms with Crippen molar-refractivity contribution in [3.63, 3.8) is 0 Å². The lowest BCUT2D eigenvalue weighted by Crippen LogP contribution is -1.89. The fourth-order valence-electron chi connectivity index (χ4n) is 2.04. The molecule has 0 amide bonds. The van der Waals surface area contributed by atoms with Gasteiger partial charge in [0.15, 0.2) is 0 Å². The van der Waals surface area contributed by atoms with Gasteiger partial charge in [-0.15, -0.1) is 0 Å². The van der Waals surface area contributed by atoms with Crippen molar-refractivity contribution in [2.45, 2.75) is 12.8 Å². The summed E-state index contributed by atoms with van der Waals surface area (Å²) in [6.07, 6.45) is 1.72. The monoisotopic (exact) mass is 245 g/mol. The molecule has 0 spiro atoms. The van der Waals surface area contributed by atoms with E-state index in [1.165, 1.54) is 18.7 Å². The van der Waals surface area contributed by atoms with Crippen molar-refractivity contribution in [3.8, 4) is 11.5 Å². The van der Waals surface area contributed by atoms with Gasteiger partial charge in [-0.3, -0.25) is 0 Å². The standard InChI is InChI=1S/C14H11FO.CH5N/c15-12-7-8-14-11(9-12)6-5-10-3-1-2-4-13(10)16-14;1-2/h1-4,7-9H,5-6H2;2H2,1H3. The Morgan fingerprint density at radius 1 is 0.944 bits per heavy atom. The van der Waals surface area contributed by atoms with Crippen LogP contribution in [0, 0.1) is 5.82 Å². The van der Waals surface area contributed by atoms with Crippen LogP contribution in [0.2, 0.25) is 0 Å². The van der Waals surface area contributed by atoms with Gasteiger partial charge in [-0.2, -0.15) is 0 Å². The van der Waals surface area contributed by atoms with Crippen LogP contribution in [0.3, 0.4) is 0 Å². The number of ether oxygens (including phenoxy) is 1. The van der Waals surface area contributed by atoms with E-state index in [4.69, 9.17) is 4.74 Å². The van der Waals surface area contributed by atoms with Crippen molar-refractivity contribution in [1.82, 2.24) is 0 Å². The summed E-state index contributed by atoms with van der Waals surface area (Å²) in [6.45, 7) is 0. The Labute approximate surface area is 106 Å². The molecule has 1 aliphatic rings. The number of benzene rings is 2. The first-order valence-corrected chi connectivity index (χ1v) is 5.95. The second-order valence-electron chi connectivity index (χ2n) is 3.96. The van der Waals surface area contributed by atoms with E-state index < -0.39 is 0 Å². The Morgan fingerprint density at radius 2 is 1.61 bits per heavy atom. The predicted octanol–water partition coefficient (Wildman–Crippen LogP) is 3.29. The van der Waals surface area contributed by atoms with Crippen LogP contribution in [0.15, 0.2) is 42.5 Å². The number of nitrogens with two attached hydrogens (primary N) is 1. The summed E-state index contributed by atoms with van der Waals surface area (Å²) in [5, 5.41) is 0. The van der Waals surface area contributed by atoms with Crippen LogP contribution in [0.25, 0.3) is 0 Å². The molecule has 0 bridgehead atoms. The predicted molar refractivity (Wildman–Crippen MR) is 70.4 cm³/mol. The number of fused-ring (bicyclic) bond motifs is 2. The summed E-state index contributed by atoms with van der Waals surface area (Å²) in [4.78, 5) is 0. The summed E-state index contributed by atoms with van der Waals surface area (Å²) in [5.41, 5.74) is 6.62. The zero-order valence-electron chi connectivity index (χ0n) is 10.3. The van der Waals surface area contributed by atoms with Crippen molar-refractivity contribution < 1.29 is 9.13 Å². The summed E-state index contributed by atoms with van der Waals surface area (Å²) in [7, 11) is 1.50. The first-order chi connectivity index (χ1) is 8.83. The Balaban J connectivity index is 0.000000574. The molecule has 0 saturated heterocycles. The van der Waals surface area contributed by atoms with Crippen LogP contribution in [0.1, 0.15) is 11.1 Å². The van der Waals surface area contributed by atoms with Gasteiger partial charge < -0.3 is 10.5 Å². The van der Waals surface area contributed by atoms with E-state index in [0.717, 1.165) is 29.9 Å². The number of aryl methyl sites for hydroxylation is 2. The molecule has 2 aromatic carbocycles. The second-order valence-corrected chi connectivity index (χ2v) is 3.96. The first kappa shape index (κ1) is 12.6. The molecule has 2 N–H and O–H groups in total. The maximum atomic E-state index is 13.1. The molecular formula is C15H16FNO. The Bertz CT molecular complexity index is 540. The molecule has 3 rings (SSSR count). The van der Waals surface area contributed by atoms with Crippen LogP contribution in [0.4, 0.5) is 4.39 Å². The van der Waals surface area contributed by atoms with Crippen molar-refractivity contribution >= 4 is 0 Å². The fourth-order valence-corrected chi connectivity index (χ4v) is 2.04. The van der Waals surface area contributed by atoms with Crippen LogP contribution in [0.5, 0.6) is 11.5 Å². The molecule has 3 heteroatoms. The van der Waals surface area contributed by atoms with E-state index >= 15 is 0 Å². The van der Waals surface area contributed by atoms with Gasteiger partial charge in [0.2, 0.25) is 0 Å². The third kappa shape index (κ3) is 2.51. The van der Waals surface area contributed by atoms with Gasteiger partial charge in [0.1, 0.15) is 17.3 Å². The second kappa shape index (κ2) is 5.65. The van der Waals surface area contributed by atoms with E-state index in [-0.39, 0.29) is 5.82 Å². The zero-order valence-corrected chi connectivity index (χ0v) is 10.3. The highest BCUT2D eigenvalue weighted by Crippen LogP contribution is 2.33. The maximum absolute atomic E-state index is 13.1. The highest BCUT2D eigenvalue weighted by molar-refractivity contribution is 5.44. The van der Waals surface area contributed by atoms with E-state index in [0.29, 0.717) is 0 Å². The van der Waals surface area contributed by atoms with Gasteiger partial charge in [0.25, 0.3) is 0 Å². The molecular weight excluding hydrogens is 229 g/mol. The van der Waals surface area contributed by atoms with Crippen LogP contribution >= 0.6 is 0 Å². The molecule has 2 aromatic rings. The van der Waals surface area contributed by atoms with Crippen molar-refractivity contribution in [2.24, 2.45) is 5.73 Å². The summed E-state index contributed by atoms with van der Waals surface area (Å²) >= 11 is 0. The molecule has 0 atom stereocenters. The summed E-state index contributed by atoms with van der Waals surface area (Å²) in [5.74, 6) is 1.45. The van der Waals surface area contributed by atoms with Gasteiger partial charge in [-0.1, -0.05) is 18.2 Å². The van der Waals surface area contributed by atoms with E-state index in [2.05, 4.69) is 11.8 Å². The van der Waals surface area contributed by atoms with Crippen LogP contribution in [-0.4, -0.2) is 7.05 Å². The fraction of sp³-hybridized carbons (Fsp3) is 0.200. The van der Waals surface area contributed by atoms with Crippen molar-refractivity contribution in [1.29, 1.82) is 0 Å². The van der Waals surface area contributed by atoms with Crippen LogP contribution < -0.4 is 10.5 Å². The maximum Gasteiger partial charge on any atom is 0.130 e. The average Bonchev–Trinajstić information content (AvgIpc) is 2.60. The SMILES string of the molecule is CN.Fc1ccc2c(c1)CCc1ccccc1O2. The minimum Gasteiger partial charge on any atom is -0.457 e. The number of hydrogen-bond donors (Lipinski definition) is 1. The molecule has 1 heterocycles. The molecule has 0 aliphatic carbocycles. The average molecular weight is 245 g/mol. The Hall–Kier alpha value is -1.87. The quantitative estimate of drug-likeness (QED) is 0.773. The molecule has 94 valence electrons. The van der Waals surface area contributed by atoms with Gasteiger partial charge in [-0.25, -0.2) is 4.39 Å². The lowest BCUT2D eigenvalue weighted by molar-refractivity contribution is 0.477. The highest BCUT2D eigenvalue weighted by atomic mass is 19.1. The third-order valence-corrected chi connectivity index (χ3v) is 2.88. The lowest BCUT2D eigenvalue weighted by Gasteiger charge is -2.07. The van der Waals surface area contributed by atoms with Crippen molar-refractivity contribution in [2.75, 3.05) is 7.05 Å². The Morgan fingerprint density at radius 3 is 2.44 bits per heavy atom. The van der Waals surface area contributed by atoms with Gasteiger partial charge >= 0.3 is 0 Å². The summed E-state index contributed by atoms with van der Waals surface area (Å²) in [6, 6.07) is 12.7. The zero-order chi connectivity index (χ0) is 13.0. The molecule has 0 radical (unpaired) electrons. The molecule has 0 fully saturated rings. The number of hydrogen-bond acceptors (Lipinski definition) is 2. The van der Waals surface area contributed by atoms with Gasteiger partial charge in [0.05, 0.1) is 0 Å². The summed E-state index contributed by atoms with van der Waals surface area (Å²) < 4.78 is 18.9. The lowest BCUT2D eigenvalue weighted by atomic mass is 10.0. The molecule has 18 heavy (non-hydrogen) atoms. The van der Waals surface area contributed by atoms with Gasteiger partial charge in [0, 0.05) is 0 Å². The number of para-hydroxylation sites is 1. The number of rotatable bonds is 0. The molecule has 0 unspecified atom stereocenters. The first-order valence-electron chi connectivity index (χ1n) is 5.95. The topological polar surface area (TPSA) is 35.2 Å². The van der Waals surface area contributed by atoms with Gasteiger partial charge in [-0.05, 0) is 55.3 Å². The molecule has 0 saturated carbocycles. The van der Waals surface area contributed by atoms with E-state index in [9.17, 15) is 4.39 Å². The minimum atomic E-state index is -0.201. The number of halogens is 1. The highest BCUT2D eigenvalue weighted by Gasteiger charge is 2.14. The van der Waals surface area contributed by atoms with E-state index in [1.807, 2.05) is 18.2 Å².